The molecule has 0 radical (unpaired) electrons. The summed E-state index contributed by atoms with van der Waals surface area (Å²) in [6.07, 6.45) is 0. The Hall–Kier alpha value is -1.75. The Morgan fingerprint density at radius 1 is 1.12 bits per heavy atom. The highest BCUT2D eigenvalue weighted by Gasteiger charge is 2.12. The maximum atomic E-state index is 12.0. The summed E-state index contributed by atoms with van der Waals surface area (Å²) in [5.41, 5.74) is 12.8. The molecule has 0 unspecified atom stereocenters. The molecule has 0 bridgehead atoms. The van der Waals surface area contributed by atoms with Crippen LogP contribution < -0.4 is 11.5 Å². The molecule has 0 saturated heterocycles. The summed E-state index contributed by atoms with van der Waals surface area (Å²) in [5.74, 6) is -0.0430. The van der Waals surface area contributed by atoms with Crippen LogP contribution in [0.2, 0.25) is 0 Å². The predicted octanol–water partition coefficient (Wildman–Crippen LogP) is 0.485. The van der Waals surface area contributed by atoms with Gasteiger partial charge in [-0.25, -0.2) is 0 Å². The first kappa shape index (κ1) is 13.3. The van der Waals surface area contributed by atoms with Crippen molar-refractivity contribution in [3.63, 3.8) is 0 Å². The highest BCUT2D eigenvalue weighted by molar-refractivity contribution is 5.95. The number of benzene rings is 1. The third kappa shape index (κ3) is 3.64. The Bertz CT molecular complexity index is 403. The minimum absolute atomic E-state index is 0.0430. The predicted molar refractivity (Wildman–Crippen MR) is 70.8 cm³/mol. The van der Waals surface area contributed by atoms with E-state index in [1.807, 2.05) is 19.0 Å². The van der Waals surface area contributed by atoms with E-state index >= 15 is 0 Å². The van der Waals surface area contributed by atoms with Gasteiger partial charge in [-0.3, -0.25) is 4.79 Å². The molecule has 17 heavy (non-hydrogen) atoms. The van der Waals surface area contributed by atoms with Crippen molar-refractivity contribution in [2.75, 3.05) is 45.7 Å². The Kier molecular flexibility index (Phi) is 4.34. The second-order valence-corrected chi connectivity index (χ2v) is 4.37. The van der Waals surface area contributed by atoms with Crippen LogP contribution in [0.4, 0.5) is 11.4 Å². The molecule has 0 spiro atoms. The molecule has 0 aliphatic rings. The van der Waals surface area contributed by atoms with E-state index in [0.717, 1.165) is 6.54 Å². The topological polar surface area (TPSA) is 75.6 Å². The van der Waals surface area contributed by atoms with Crippen molar-refractivity contribution in [1.29, 1.82) is 0 Å². The Balaban J connectivity index is 2.71. The molecule has 1 amide bonds. The summed E-state index contributed by atoms with van der Waals surface area (Å²) in [6.45, 7) is 1.50. The number of nitrogens with two attached hydrogens (primary N) is 2. The fourth-order valence-electron chi connectivity index (χ4n) is 1.38. The van der Waals surface area contributed by atoms with Crippen LogP contribution in [-0.4, -0.2) is 49.9 Å². The third-order valence-electron chi connectivity index (χ3n) is 2.56. The number of hydrogen-bond acceptors (Lipinski definition) is 4. The highest BCUT2D eigenvalue weighted by atomic mass is 16.2. The molecule has 1 aromatic rings. The molecule has 0 fully saturated rings. The van der Waals surface area contributed by atoms with Gasteiger partial charge in [-0.15, -0.1) is 0 Å². The largest absolute Gasteiger partial charge is 0.397 e. The Morgan fingerprint density at radius 2 is 1.76 bits per heavy atom. The molecular formula is C12H20N4O. The lowest BCUT2D eigenvalue weighted by atomic mass is 10.1. The van der Waals surface area contributed by atoms with Crippen molar-refractivity contribution in [3.8, 4) is 0 Å². The Morgan fingerprint density at radius 3 is 2.29 bits per heavy atom. The fourth-order valence-corrected chi connectivity index (χ4v) is 1.38. The van der Waals surface area contributed by atoms with Crippen molar-refractivity contribution in [3.05, 3.63) is 23.8 Å². The van der Waals surface area contributed by atoms with Gasteiger partial charge in [0, 0.05) is 25.7 Å². The van der Waals surface area contributed by atoms with Gasteiger partial charge in [-0.1, -0.05) is 0 Å². The van der Waals surface area contributed by atoms with Crippen LogP contribution in [0.3, 0.4) is 0 Å². The maximum Gasteiger partial charge on any atom is 0.253 e. The van der Waals surface area contributed by atoms with E-state index in [1.54, 1.807) is 30.1 Å². The first-order valence-corrected chi connectivity index (χ1v) is 5.47. The van der Waals surface area contributed by atoms with E-state index in [1.165, 1.54) is 0 Å². The molecule has 4 N–H and O–H groups in total. The lowest BCUT2D eigenvalue weighted by Crippen LogP contribution is -2.33. The molecule has 94 valence electrons. The molecule has 0 saturated carbocycles. The van der Waals surface area contributed by atoms with Crippen LogP contribution >= 0.6 is 0 Å². The van der Waals surface area contributed by atoms with Crippen LogP contribution in [0, 0.1) is 0 Å². The van der Waals surface area contributed by atoms with Gasteiger partial charge < -0.3 is 21.3 Å². The van der Waals surface area contributed by atoms with Gasteiger partial charge in [0.05, 0.1) is 11.4 Å². The number of hydrogen-bond donors (Lipinski definition) is 2. The van der Waals surface area contributed by atoms with Gasteiger partial charge in [0.15, 0.2) is 0 Å². The molecular weight excluding hydrogens is 216 g/mol. The van der Waals surface area contributed by atoms with Gasteiger partial charge in [-0.2, -0.15) is 0 Å². The lowest BCUT2D eigenvalue weighted by Gasteiger charge is -2.20. The lowest BCUT2D eigenvalue weighted by molar-refractivity contribution is 0.0786. The van der Waals surface area contributed by atoms with E-state index in [-0.39, 0.29) is 5.91 Å². The van der Waals surface area contributed by atoms with Gasteiger partial charge >= 0.3 is 0 Å². The first-order chi connectivity index (χ1) is 7.91. The zero-order valence-corrected chi connectivity index (χ0v) is 10.6. The SMILES string of the molecule is CN(C)CCN(C)C(=O)c1ccc(N)c(N)c1. The number of anilines is 2. The number of nitrogen functional groups attached to an aromatic ring is 2. The van der Waals surface area contributed by atoms with Crippen LogP contribution in [0.5, 0.6) is 0 Å². The summed E-state index contributed by atoms with van der Waals surface area (Å²) >= 11 is 0. The second-order valence-electron chi connectivity index (χ2n) is 4.37. The van der Waals surface area contributed by atoms with E-state index in [9.17, 15) is 4.79 Å². The van der Waals surface area contributed by atoms with Crippen LogP contribution in [0.15, 0.2) is 18.2 Å². The summed E-state index contributed by atoms with van der Waals surface area (Å²) < 4.78 is 0. The second kappa shape index (κ2) is 5.54. The standard InChI is InChI=1S/C12H20N4O/c1-15(2)6-7-16(3)12(17)9-4-5-10(13)11(14)8-9/h4-5,8H,6-7,13-14H2,1-3H3. The molecule has 0 atom stereocenters. The summed E-state index contributed by atoms with van der Waals surface area (Å²) in [6, 6.07) is 4.96. The monoisotopic (exact) mass is 236 g/mol. The summed E-state index contributed by atoms with van der Waals surface area (Å²) in [4.78, 5) is 15.7. The van der Waals surface area contributed by atoms with Crippen LogP contribution in [0.25, 0.3) is 0 Å². The van der Waals surface area contributed by atoms with Crippen LogP contribution in [-0.2, 0) is 0 Å². The van der Waals surface area contributed by atoms with Crippen molar-refractivity contribution in [1.82, 2.24) is 9.80 Å². The van der Waals surface area contributed by atoms with Crippen molar-refractivity contribution in [2.24, 2.45) is 0 Å². The van der Waals surface area contributed by atoms with Crippen molar-refractivity contribution in [2.45, 2.75) is 0 Å². The summed E-state index contributed by atoms with van der Waals surface area (Å²) in [5, 5.41) is 0. The molecule has 0 heterocycles. The molecule has 1 aromatic carbocycles. The zero-order chi connectivity index (χ0) is 13.0. The molecule has 5 nitrogen and oxygen atoms in total. The molecule has 0 aromatic heterocycles. The van der Waals surface area contributed by atoms with Crippen LogP contribution in [0.1, 0.15) is 10.4 Å². The number of likely N-dealkylation sites (N-methyl/N-ethyl adjacent to an activating group) is 2. The van der Waals surface area contributed by atoms with Gasteiger partial charge in [0.25, 0.3) is 5.91 Å². The molecule has 0 aliphatic heterocycles. The quantitative estimate of drug-likeness (QED) is 0.746. The smallest absolute Gasteiger partial charge is 0.253 e. The molecule has 5 heteroatoms. The maximum absolute atomic E-state index is 12.0. The normalized spacial score (nSPS) is 10.6. The number of carbonyl (C=O) groups is 1. The van der Waals surface area contributed by atoms with E-state index < -0.39 is 0 Å². The van der Waals surface area contributed by atoms with E-state index in [2.05, 4.69) is 0 Å². The number of rotatable bonds is 4. The minimum atomic E-state index is -0.0430. The van der Waals surface area contributed by atoms with Crippen molar-refractivity contribution >= 4 is 17.3 Å². The molecule has 1 rings (SSSR count). The fraction of sp³-hybridized carbons (Fsp3) is 0.417. The average molecular weight is 236 g/mol. The Labute approximate surface area is 102 Å². The van der Waals surface area contributed by atoms with Crippen molar-refractivity contribution < 1.29 is 4.79 Å². The average Bonchev–Trinajstić information content (AvgIpc) is 2.28. The van der Waals surface area contributed by atoms with E-state index in [4.69, 9.17) is 11.5 Å². The number of carbonyl (C=O) groups excluding carboxylic acids is 1. The van der Waals surface area contributed by atoms with E-state index in [0.29, 0.717) is 23.5 Å². The minimum Gasteiger partial charge on any atom is -0.397 e. The molecule has 0 aliphatic carbocycles. The third-order valence-corrected chi connectivity index (χ3v) is 2.56. The first-order valence-electron chi connectivity index (χ1n) is 5.47. The zero-order valence-electron chi connectivity index (χ0n) is 10.6. The highest BCUT2D eigenvalue weighted by Crippen LogP contribution is 2.16. The summed E-state index contributed by atoms with van der Waals surface area (Å²) in [7, 11) is 5.72. The van der Waals surface area contributed by atoms with Gasteiger partial charge in [0.2, 0.25) is 0 Å². The number of nitrogens with zero attached hydrogens (tertiary/aromatic N) is 2. The van der Waals surface area contributed by atoms with Gasteiger partial charge in [0.1, 0.15) is 0 Å². The van der Waals surface area contributed by atoms with Gasteiger partial charge in [-0.05, 0) is 32.3 Å². The number of amides is 1.